The number of carbonyl (C=O) groups is 1. The third-order valence-corrected chi connectivity index (χ3v) is 3.07. The van der Waals surface area contributed by atoms with E-state index < -0.39 is 5.60 Å². The van der Waals surface area contributed by atoms with E-state index in [1.165, 1.54) is 0 Å². The van der Waals surface area contributed by atoms with Gasteiger partial charge in [0.15, 0.2) is 5.60 Å². The minimum Gasteiger partial charge on any atom is -0.446 e. The molecule has 0 heterocycles. The lowest BCUT2D eigenvalue weighted by Crippen LogP contribution is -2.32. The summed E-state index contributed by atoms with van der Waals surface area (Å²) in [6, 6.07) is 0. The van der Waals surface area contributed by atoms with Crippen molar-refractivity contribution in [2.75, 3.05) is 0 Å². The Kier molecular flexibility index (Phi) is 4.20. The van der Waals surface area contributed by atoms with Gasteiger partial charge in [-0.1, -0.05) is 19.8 Å². The van der Waals surface area contributed by atoms with Gasteiger partial charge in [-0.05, 0) is 39.0 Å². The van der Waals surface area contributed by atoms with Crippen LogP contribution in [0.3, 0.4) is 0 Å². The molecular formula is C13H20O2. The second-order valence-electron chi connectivity index (χ2n) is 4.31. The fourth-order valence-electron chi connectivity index (χ4n) is 1.89. The van der Waals surface area contributed by atoms with Crippen molar-refractivity contribution in [2.45, 2.75) is 58.5 Å². The second-order valence-corrected chi connectivity index (χ2v) is 4.31. The number of esters is 1. The Morgan fingerprint density at radius 1 is 1.47 bits per heavy atom. The van der Waals surface area contributed by atoms with Gasteiger partial charge in [-0.3, -0.25) is 4.79 Å². The zero-order valence-corrected chi connectivity index (χ0v) is 9.93. The van der Waals surface area contributed by atoms with E-state index in [0.29, 0.717) is 0 Å². The molecule has 0 N–H and O–H groups in total. The molecule has 0 radical (unpaired) electrons. The normalized spacial score (nSPS) is 20.2. The first-order chi connectivity index (χ1) is 7.13. The molecular weight excluding hydrogens is 188 g/mol. The van der Waals surface area contributed by atoms with Crippen LogP contribution < -0.4 is 0 Å². The van der Waals surface area contributed by atoms with Crippen LogP contribution in [0.15, 0.2) is 0 Å². The van der Waals surface area contributed by atoms with Crippen molar-refractivity contribution in [3.8, 4) is 11.8 Å². The Bertz CT molecular complexity index is 277. The molecule has 1 atom stereocenters. The molecule has 1 rings (SSSR count). The first-order valence-corrected chi connectivity index (χ1v) is 5.80. The molecule has 1 fully saturated rings. The van der Waals surface area contributed by atoms with E-state index in [4.69, 9.17) is 4.74 Å². The minimum atomic E-state index is -0.463. The molecule has 0 amide bonds. The maximum atomic E-state index is 11.7. The fraction of sp³-hybridized carbons (Fsp3) is 0.769. The summed E-state index contributed by atoms with van der Waals surface area (Å²) in [5, 5.41) is 0. The number of rotatable bonds is 3. The monoisotopic (exact) mass is 208 g/mol. The highest BCUT2D eigenvalue weighted by atomic mass is 16.6. The van der Waals surface area contributed by atoms with Gasteiger partial charge in [0.1, 0.15) is 0 Å². The van der Waals surface area contributed by atoms with Gasteiger partial charge in [-0.25, -0.2) is 0 Å². The summed E-state index contributed by atoms with van der Waals surface area (Å²) in [4.78, 5) is 11.7. The van der Waals surface area contributed by atoms with Crippen molar-refractivity contribution < 1.29 is 9.53 Å². The zero-order chi connectivity index (χ0) is 11.3. The number of hydrogen-bond acceptors (Lipinski definition) is 2. The lowest BCUT2D eigenvalue weighted by Gasteiger charge is -2.24. The molecule has 2 heteroatoms. The smallest absolute Gasteiger partial charge is 0.310 e. The molecule has 1 aliphatic carbocycles. The van der Waals surface area contributed by atoms with Crippen molar-refractivity contribution in [1.29, 1.82) is 0 Å². The number of carbonyl (C=O) groups excluding carboxylic acids is 1. The van der Waals surface area contributed by atoms with Gasteiger partial charge in [-0.15, -0.1) is 5.92 Å². The number of hydrogen-bond donors (Lipinski definition) is 0. The zero-order valence-electron chi connectivity index (χ0n) is 9.93. The Hall–Kier alpha value is -0.970. The first-order valence-electron chi connectivity index (χ1n) is 5.80. The molecule has 0 aromatic heterocycles. The summed E-state index contributed by atoms with van der Waals surface area (Å²) in [5.74, 6) is 5.85. The molecule has 1 unspecified atom stereocenters. The van der Waals surface area contributed by atoms with Gasteiger partial charge in [0.2, 0.25) is 0 Å². The SMILES string of the molecule is CC#CC1(OC(=O)C(C)CC)CCCC1. The van der Waals surface area contributed by atoms with Crippen molar-refractivity contribution in [1.82, 2.24) is 0 Å². The van der Waals surface area contributed by atoms with Crippen LogP contribution in [0.1, 0.15) is 52.9 Å². The summed E-state index contributed by atoms with van der Waals surface area (Å²) in [6.07, 6.45) is 4.85. The average Bonchev–Trinajstić information content (AvgIpc) is 2.65. The number of ether oxygens (including phenoxy) is 1. The van der Waals surface area contributed by atoms with E-state index in [1.807, 2.05) is 13.8 Å². The molecule has 15 heavy (non-hydrogen) atoms. The molecule has 0 bridgehead atoms. The lowest BCUT2D eigenvalue weighted by molar-refractivity contribution is -0.158. The Balaban J connectivity index is 2.66. The van der Waals surface area contributed by atoms with Crippen LogP contribution in [-0.2, 0) is 9.53 Å². The third kappa shape index (κ3) is 2.99. The lowest BCUT2D eigenvalue weighted by atomic mass is 10.0. The first kappa shape index (κ1) is 12.1. The maximum absolute atomic E-state index is 11.7. The standard InChI is InChI=1S/C13H20O2/c1-4-8-13(9-6-7-10-13)15-12(14)11(3)5-2/h11H,5-7,9-10H2,1-3H3. The van der Waals surface area contributed by atoms with Crippen LogP contribution in [0.2, 0.25) is 0 Å². The van der Waals surface area contributed by atoms with Crippen molar-refractivity contribution >= 4 is 5.97 Å². The van der Waals surface area contributed by atoms with Crippen LogP contribution in [-0.4, -0.2) is 11.6 Å². The Morgan fingerprint density at radius 3 is 2.53 bits per heavy atom. The topological polar surface area (TPSA) is 26.3 Å². The van der Waals surface area contributed by atoms with Gasteiger partial charge in [0.25, 0.3) is 0 Å². The molecule has 0 aliphatic heterocycles. The highest BCUT2D eigenvalue weighted by Gasteiger charge is 2.36. The van der Waals surface area contributed by atoms with E-state index in [2.05, 4.69) is 11.8 Å². The van der Waals surface area contributed by atoms with Crippen LogP contribution >= 0.6 is 0 Å². The summed E-state index contributed by atoms with van der Waals surface area (Å²) >= 11 is 0. The summed E-state index contributed by atoms with van der Waals surface area (Å²) in [6.45, 7) is 5.71. The minimum absolute atomic E-state index is 0.0128. The van der Waals surface area contributed by atoms with Gasteiger partial charge >= 0.3 is 5.97 Å². The quantitative estimate of drug-likeness (QED) is 0.526. The summed E-state index contributed by atoms with van der Waals surface area (Å²) in [7, 11) is 0. The molecule has 1 saturated carbocycles. The van der Waals surface area contributed by atoms with Crippen LogP contribution in [0.4, 0.5) is 0 Å². The van der Waals surface area contributed by atoms with Crippen molar-refractivity contribution in [3.05, 3.63) is 0 Å². The van der Waals surface area contributed by atoms with E-state index in [-0.39, 0.29) is 11.9 Å². The molecule has 2 nitrogen and oxygen atoms in total. The van der Waals surface area contributed by atoms with E-state index >= 15 is 0 Å². The van der Waals surface area contributed by atoms with Gasteiger partial charge in [0.05, 0.1) is 5.92 Å². The predicted molar refractivity (Wildman–Crippen MR) is 60.2 cm³/mol. The third-order valence-electron chi connectivity index (χ3n) is 3.07. The van der Waals surface area contributed by atoms with E-state index in [9.17, 15) is 4.79 Å². The molecule has 0 saturated heterocycles. The van der Waals surface area contributed by atoms with Crippen LogP contribution in [0.5, 0.6) is 0 Å². The van der Waals surface area contributed by atoms with E-state index in [0.717, 1.165) is 32.1 Å². The second kappa shape index (κ2) is 5.21. The fourth-order valence-corrected chi connectivity index (χ4v) is 1.89. The molecule has 0 spiro atoms. The van der Waals surface area contributed by atoms with E-state index in [1.54, 1.807) is 6.92 Å². The highest BCUT2D eigenvalue weighted by molar-refractivity contribution is 5.72. The van der Waals surface area contributed by atoms with Crippen LogP contribution in [0.25, 0.3) is 0 Å². The van der Waals surface area contributed by atoms with Gasteiger partial charge < -0.3 is 4.74 Å². The van der Waals surface area contributed by atoms with Gasteiger partial charge in [-0.2, -0.15) is 0 Å². The molecule has 84 valence electrons. The Morgan fingerprint density at radius 2 is 2.07 bits per heavy atom. The molecule has 0 aromatic carbocycles. The summed E-state index contributed by atoms with van der Waals surface area (Å²) in [5.41, 5.74) is -0.463. The van der Waals surface area contributed by atoms with Crippen molar-refractivity contribution in [3.63, 3.8) is 0 Å². The molecule has 1 aliphatic rings. The average molecular weight is 208 g/mol. The maximum Gasteiger partial charge on any atom is 0.310 e. The molecule has 0 aromatic rings. The van der Waals surface area contributed by atoms with Crippen molar-refractivity contribution in [2.24, 2.45) is 5.92 Å². The van der Waals surface area contributed by atoms with Gasteiger partial charge in [0, 0.05) is 0 Å². The highest BCUT2D eigenvalue weighted by Crippen LogP contribution is 2.33. The predicted octanol–water partition coefficient (Wildman–Crippen LogP) is 2.91. The summed E-state index contributed by atoms with van der Waals surface area (Å²) < 4.78 is 5.58. The Labute approximate surface area is 92.4 Å². The largest absolute Gasteiger partial charge is 0.446 e. The van der Waals surface area contributed by atoms with Crippen LogP contribution in [0, 0.1) is 17.8 Å².